The van der Waals surface area contributed by atoms with Crippen molar-refractivity contribution in [1.29, 1.82) is 0 Å². The molecule has 0 saturated carbocycles. The van der Waals surface area contributed by atoms with Crippen LogP contribution in [0.4, 0.5) is 0 Å². The molecule has 0 N–H and O–H groups in total. The van der Waals surface area contributed by atoms with Crippen molar-refractivity contribution >= 4 is 21.9 Å². The Hall–Kier alpha value is -5.66. The Bertz CT molecular complexity index is 2620. The molecular formula is C46H30O. The zero-order valence-electron chi connectivity index (χ0n) is 26.3. The van der Waals surface area contributed by atoms with Gasteiger partial charge in [-0.05, 0) is 102 Å². The molecular weight excluding hydrogens is 569 g/mol. The number of furan rings is 1. The maximum atomic E-state index is 6.80. The van der Waals surface area contributed by atoms with Gasteiger partial charge in [-0.25, -0.2) is 0 Å². The summed E-state index contributed by atoms with van der Waals surface area (Å²) in [4.78, 5) is 0. The Balaban J connectivity index is 1.19. The van der Waals surface area contributed by atoms with Crippen LogP contribution in [0.2, 0.25) is 0 Å². The van der Waals surface area contributed by atoms with Crippen LogP contribution in [0.3, 0.4) is 0 Å². The van der Waals surface area contributed by atoms with Gasteiger partial charge >= 0.3 is 0 Å². The van der Waals surface area contributed by atoms with Gasteiger partial charge in [-0.15, -0.1) is 0 Å². The molecule has 0 aliphatic heterocycles. The third-order valence-electron chi connectivity index (χ3n) is 11.5. The van der Waals surface area contributed by atoms with Crippen LogP contribution in [0.5, 0.6) is 0 Å². The zero-order chi connectivity index (χ0) is 31.1. The summed E-state index contributed by atoms with van der Waals surface area (Å²) in [5.74, 6) is 0. The van der Waals surface area contributed by atoms with Crippen molar-refractivity contribution in [3.8, 4) is 44.5 Å². The summed E-state index contributed by atoms with van der Waals surface area (Å²) < 4.78 is 6.80. The van der Waals surface area contributed by atoms with Crippen LogP contribution >= 0.6 is 0 Å². The van der Waals surface area contributed by atoms with Gasteiger partial charge in [-0.1, -0.05) is 135 Å². The van der Waals surface area contributed by atoms with E-state index in [1.165, 1.54) is 88.7 Å². The lowest BCUT2D eigenvalue weighted by Crippen LogP contribution is -2.25. The van der Waals surface area contributed by atoms with Gasteiger partial charge in [-0.3, -0.25) is 0 Å². The van der Waals surface area contributed by atoms with Crippen LogP contribution in [-0.4, -0.2) is 0 Å². The third kappa shape index (κ3) is 2.97. The number of fused-ring (bicyclic) bond motifs is 16. The smallest absolute Gasteiger partial charge is 0.136 e. The number of hydrogen-bond acceptors (Lipinski definition) is 1. The van der Waals surface area contributed by atoms with Crippen molar-refractivity contribution in [2.45, 2.75) is 24.7 Å². The molecule has 0 amide bonds. The van der Waals surface area contributed by atoms with Crippen molar-refractivity contribution in [2.24, 2.45) is 0 Å². The van der Waals surface area contributed by atoms with E-state index in [0.717, 1.165) is 11.2 Å². The molecule has 47 heavy (non-hydrogen) atoms. The minimum atomic E-state index is -0.379. The minimum Gasteiger partial charge on any atom is -0.456 e. The first kappa shape index (κ1) is 25.5. The number of rotatable bonds is 1. The van der Waals surface area contributed by atoms with Gasteiger partial charge in [0.15, 0.2) is 0 Å². The molecule has 0 unspecified atom stereocenters. The van der Waals surface area contributed by atoms with Gasteiger partial charge < -0.3 is 4.42 Å². The van der Waals surface area contributed by atoms with Crippen LogP contribution < -0.4 is 0 Å². The highest BCUT2D eigenvalue weighted by Crippen LogP contribution is 2.63. The largest absolute Gasteiger partial charge is 0.456 e. The topological polar surface area (TPSA) is 13.1 Å². The normalized spacial score (nSPS) is 15.4. The standard InChI is InChI=1S/C46H30O/c1-45(2)36-17-7-3-12-29(36)33-23-22-27(24-40(33)45)28-16-11-21-42-44(28)35-25-34-32-15-6-10-20-39(32)46(41(34)26-43(35)47-42)37-18-8-4-13-30(37)31-14-5-9-19-38(31)46/h3-26H,1-2H3. The summed E-state index contributed by atoms with van der Waals surface area (Å²) in [5, 5.41) is 2.35. The SMILES string of the molecule is CC1(C)c2ccccc2-c2ccc(-c3cccc4oc5cc6c(cc5c34)-c3ccccc3C63c4ccccc4-c4ccccc43)cc21. The highest BCUT2D eigenvalue weighted by molar-refractivity contribution is 6.15. The lowest BCUT2D eigenvalue weighted by atomic mass is 9.70. The molecule has 1 heterocycles. The maximum Gasteiger partial charge on any atom is 0.136 e. The fraction of sp³-hybridized carbons (Fsp3) is 0.0870. The molecule has 11 rings (SSSR count). The predicted molar refractivity (Wildman–Crippen MR) is 193 cm³/mol. The van der Waals surface area contributed by atoms with E-state index in [1.54, 1.807) is 0 Å². The summed E-state index contributed by atoms with van der Waals surface area (Å²) in [6, 6.07) is 54.2. The van der Waals surface area contributed by atoms with E-state index in [2.05, 4.69) is 159 Å². The van der Waals surface area contributed by atoms with Crippen molar-refractivity contribution in [3.05, 3.63) is 179 Å². The molecule has 1 spiro atoms. The minimum absolute atomic E-state index is 0.0545. The van der Waals surface area contributed by atoms with Gasteiger partial charge in [0.1, 0.15) is 11.2 Å². The second-order valence-corrected chi connectivity index (χ2v) is 14.0. The van der Waals surface area contributed by atoms with Gasteiger partial charge in [0.2, 0.25) is 0 Å². The molecule has 0 radical (unpaired) electrons. The average Bonchev–Trinajstić information content (AvgIpc) is 3.79. The van der Waals surface area contributed by atoms with Crippen molar-refractivity contribution in [1.82, 2.24) is 0 Å². The van der Waals surface area contributed by atoms with Crippen LogP contribution in [0.15, 0.2) is 150 Å². The molecule has 7 aromatic carbocycles. The Morgan fingerprint density at radius 2 is 0.915 bits per heavy atom. The molecule has 1 heteroatoms. The number of benzene rings is 7. The van der Waals surface area contributed by atoms with E-state index in [0.29, 0.717) is 0 Å². The quantitative estimate of drug-likeness (QED) is 0.183. The van der Waals surface area contributed by atoms with Crippen molar-refractivity contribution in [2.75, 3.05) is 0 Å². The van der Waals surface area contributed by atoms with Gasteiger partial charge in [-0.2, -0.15) is 0 Å². The summed E-state index contributed by atoms with van der Waals surface area (Å²) in [6.07, 6.45) is 0. The van der Waals surface area contributed by atoms with E-state index < -0.39 is 0 Å². The third-order valence-corrected chi connectivity index (χ3v) is 11.5. The molecule has 220 valence electrons. The molecule has 3 aliphatic rings. The Morgan fingerprint density at radius 1 is 0.383 bits per heavy atom. The summed E-state index contributed by atoms with van der Waals surface area (Å²) in [7, 11) is 0. The van der Waals surface area contributed by atoms with Gasteiger partial charge in [0, 0.05) is 16.2 Å². The number of hydrogen-bond donors (Lipinski definition) is 0. The van der Waals surface area contributed by atoms with Crippen LogP contribution in [0, 0.1) is 0 Å². The Labute approximate surface area is 273 Å². The predicted octanol–water partition coefficient (Wildman–Crippen LogP) is 11.9. The summed E-state index contributed by atoms with van der Waals surface area (Å²) in [5.41, 5.74) is 20.0. The molecule has 1 nitrogen and oxygen atoms in total. The Morgan fingerprint density at radius 3 is 1.57 bits per heavy atom. The van der Waals surface area contributed by atoms with Gasteiger partial charge in [0.05, 0.1) is 5.41 Å². The average molecular weight is 599 g/mol. The fourth-order valence-corrected chi connectivity index (χ4v) is 9.52. The van der Waals surface area contributed by atoms with Crippen molar-refractivity contribution < 1.29 is 4.42 Å². The van der Waals surface area contributed by atoms with E-state index in [4.69, 9.17) is 4.42 Å². The van der Waals surface area contributed by atoms with E-state index in [9.17, 15) is 0 Å². The van der Waals surface area contributed by atoms with Crippen LogP contribution in [-0.2, 0) is 10.8 Å². The molecule has 0 bridgehead atoms. The Kier molecular flexibility index (Phi) is 4.66. The highest BCUT2D eigenvalue weighted by Gasteiger charge is 2.51. The first-order valence-corrected chi connectivity index (χ1v) is 16.6. The van der Waals surface area contributed by atoms with E-state index in [-0.39, 0.29) is 10.8 Å². The molecule has 1 aromatic heterocycles. The molecule has 0 atom stereocenters. The fourth-order valence-electron chi connectivity index (χ4n) is 9.52. The second kappa shape index (κ2) is 8.57. The summed E-state index contributed by atoms with van der Waals surface area (Å²) in [6.45, 7) is 4.70. The molecule has 3 aliphatic carbocycles. The molecule has 0 fully saturated rings. The van der Waals surface area contributed by atoms with Gasteiger partial charge in [0.25, 0.3) is 0 Å². The monoisotopic (exact) mass is 598 g/mol. The lowest BCUT2D eigenvalue weighted by Gasteiger charge is -2.30. The summed E-state index contributed by atoms with van der Waals surface area (Å²) >= 11 is 0. The molecule has 0 saturated heterocycles. The first-order chi connectivity index (χ1) is 23.1. The highest BCUT2D eigenvalue weighted by atomic mass is 16.3. The first-order valence-electron chi connectivity index (χ1n) is 16.6. The zero-order valence-corrected chi connectivity index (χ0v) is 26.3. The van der Waals surface area contributed by atoms with Crippen LogP contribution in [0.1, 0.15) is 47.2 Å². The second-order valence-electron chi connectivity index (χ2n) is 14.0. The van der Waals surface area contributed by atoms with E-state index >= 15 is 0 Å². The van der Waals surface area contributed by atoms with Crippen LogP contribution in [0.25, 0.3) is 66.4 Å². The van der Waals surface area contributed by atoms with E-state index in [1.807, 2.05) is 0 Å². The maximum absolute atomic E-state index is 6.80. The lowest BCUT2D eigenvalue weighted by molar-refractivity contribution is 0.660. The van der Waals surface area contributed by atoms with Crippen molar-refractivity contribution in [3.63, 3.8) is 0 Å². The molecule has 8 aromatic rings.